The normalized spacial score (nSPS) is 14.9. The molecular formula is C21H26N4O2S2. The number of rotatable bonds is 6. The molecule has 0 fully saturated rings. The van der Waals surface area contributed by atoms with Gasteiger partial charge in [0.25, 0.3) is 5.56 Å². The number of H-pyrrole nitrogens is 1. The molecule has 1 atom stereocenters. The number of hydrogen-bond donors (Lipinski definition) is 2. The van der Waals surface area contributed by atoms with E-state index in [4.69, 9.17) is 0 Å². The summed E-state index contributed by atoms with van der Waals surface area (Å²) in [6.45, 7) is 6.17. The predicted molar refractivity (Wildman–Crippen MR) is 118 cm³/mol. The largest absolute Gasteiger partial charge is 0.348 e. The third kappa shape index (κ3) is 4.28. The number of amides is 1. The van der Waals surface area contributed by atoms with Crippen LogP contribution < -0.4 is 10.9 Å². The monoisotopic (exact) mass is 430 g/mol. The number of hydrogen-bond acceptors (Lipinski definition) is 6. The second-order valence-electron chi connectivity index (χ2n) is 7.96. The minimum absolute atomic E-state index is 0.0650. The number of thiazole rings is 1. The van der Waals surface area contributed by atoms with Gasteiger partial charge in [-0.1, -0.05) is 13.8 Å². The molecule has 1 aliphatic carbocycles. The van der Waals surface area contributed by atoms with Crippen LogP contribution in [-0.4, -0.2) is 20.9 Å². The predicted octanol–water partition coefficient (Wildman–Crippen LogP) is 4.25. The van der Waals surface area contributed by atoms with Gasteiger partial charge in [0.15, 0.2) is 0 Å². The second-order valence-corrected chi connectivity index (χ2v) is 9.93. The van der Waals surface area contributed by atoms with Crippen molar-refractivity contribution in [1.82, 2.24) is 20.3 Å². The zero-order chi connectivity index (χ0) is 20.5. The van der Waals surface area contributed by atoms with Gasteiger partial charge in [0.1, 0.15) is 10.7 Å². The topological polar surface area (TPSA) is 87.7 Å². The molecule has 3 aromatic heterocycles. The van der Waals surface area contributed by atoms with E-state index in [1.165, 1.54) is 16.9 Å². The van der Waals surface area contributed by atoms with Gasteiger partial charge in [-0.3, -0.25) is 9.59 Å². The molecule has 4 rings (SSSR count). The minimum atomic E-state index is -0.134. The molecule has 2 N–H and O–H groups in total. The maximum atomic E-state index is 12.6. The minimum Gasteiger partial charge on any atom is -0.348 e. The fourth-order valence-corrected chi connectivity index (χ4v) is 5.92. The van der Waals surface area contributed by atoms with E-state index in [-0.39, 0.29) is 23.9 Å². The van der Waals surface area contributed by atoms with Crippen molar-refractivity contribution in [2.24, 2.45) is 0 Å². The van der Waals surface area contributed by atoms with Crippen LogP contribution in [0.2, 0.25) is 0 Å². The van der Waals surface area contributed by atoms with Gasteiger partial charge in [0.2, 0.25) is 5.91 Å². The molecular weight excluding hydrogens is 404 g/mol. The van der Waals surface area contributed by atoms with Crippen molar-refractivity contribution in [3.05, 3.63) is 42.7 Å². The van der Waals surface area contributed by atoms with E-state index in [9.17, 15) is 9.59 Å². The third-order valence-corrected chi connectivity index (χ3v) is 7.67. The molecule has 1 unspecified atom stereocenters. The van der Waals surface area contributed by atoms with E-state index in [0.29, 0.717) is 18.2 Å². The van der Waals surface area contributed by atoms with Crippen molar-refractivity contribution >= 4 is 38.8 Å². The SMILES string of the molecule is CC(C)c1nc(C(C)NC(=O)CCc2nc3sc4c(c3c(=O)[nH]2)CCCC4)cs1. The first-order valence-electron chi connectivity index (χ1n) is 10.2. The molecule has 29 heavy (non-hydrogen) atoms. The van der Waals surface area contributed by atoms with Crippen LogP contribution in [0.1, 0.15) is 79.0 Å². The molecule has 0 saturated heterocycles. The fraction of sp³-hybridized carbons (Fsp3) is 0.524. The van der Waals surface area contributed by atoms with E-state index in [0.717, 1.165) is 40.2 Å². The van der Waals surface area contributed by atoms with Crippen LogP contribution in [0.15, 0.2) is 10.2 Å². The van der Waals surface area contributed by atoms with E-state index in [1.54, 1.807) is 22.7 Å². The van der Waals surface area contributed by atoms with Gasteiger partial charge < -0.3 is 10.3 Å². The molecule has 3 heterocycles. The maximum absolute atomic E-state index is 12.6. The molecule has 8 heteroatoms. The van der Waals surface area contributed by atoms with E-state index in [2.05, 4.69) is 34.1 Å². The summed E-state index contributed by atoms with van der Waals surface area (Å²) >= 11 is 3.26. The summed E-state index contributed by atoms with van der Waals surface area (Å²) in [5, 5.41) is 6.84. The van der Waals surface area contributed by atoms with E-state index >= 15 is 0 Å². The van der Waals surface area contributed by atoms with Gasteiger partial charge in [-0.25, -0.2) is 9.97 Å². The highest BCUT2D eigenvalue weighted by atomic mass is 32.1. The Morgan fingerprint density at radius 1 is 1.24 bits per heavy atom. The van der Waals surface area contributed by atoms with Crippen LogP contribution in [0.5, 0.6) is 0 Å². The fourth-order valence-electron chi connectivity index (χ4n) is 3.71. The smallest absolute Gasteiger partial charge is 0.259 e. The quantitative estimate of drug-likeness (QED) is 0.612. The van der Waals surface area contributed by atoms with Crippen LogP contribution in [-0.2, 0) is 24.1 Å². The number of fused-ring (bicyclic) bond motifs is 3. The molecule has 6 nitrogen and oxygen atoms in total. The molecule has 0 aromatic carbocycles. The highest BCUT2D eigenvalue weighted by Crippen LogP contribution is 2.33. The van der Waals surface area contributed by atoms with E-state index < -0.39 is 0 Å². The van der Waals surface area contributed by atoms with Crippen molar-refractivity contribution in [2.45, 2.75) is 71.3 Å². The Bertz CT molecular complexity index is 1100. The van der Waals surface area contributed by atoms with Crippen molar-refractivity contribution in [3.8, 4) is 0 Å². The zero-order valence-corrected chi connectivity index (χ0v) is 18.6. The van der Waals surface area contributed by atoms with Gasteiger partial charge in [-0.05, 0) is 38.2 Å². The molecule has 0 radical (unpaired) electrons. The van der Waals surface area contributed by atoms with Crippen LogP contribution in [0.4, 0.5) is 0 Å². The lowest BCUT2D eigenvalue weighted by Gasteiger charge is -2.11. The zero-order valence-electron chi connectivity index (χ0n) is 17.0. The van der Waals surface area contributed by atoms with Crippen molar-refractivity contribution in [1.29, 1.82) is 0 Å². The first-order valence-corrected chi connectivity index (χ1v) is 11.9. The number of nitrogens with zero attached hydrogens (tertiary/aromatic N) is 2. The Hall–Kier alpha value is -2.06. The second kappa shape index (κ2) is 8.36. The summed E-state index contributed by atoms with van der Waals surface area (Å²) in [6, 6.07) is -0.134. The molecule has 0 aliphatic heterocycles. The maximum Gasteiger partial charge on any atom is 0.259 e. The van der Waals surface area contributed by atoms with Crippen LogP contribution >= 0.6 is 22.7 Å². The van der Waals surface area contributed by atoms with Crippen LogP contribution in [0.3, 0.4) is 0 Å². The summed E-state index contributed by atoms with van der Waals surface area (Å²) < 4.78 is 0. The average molecular weight is 431 g/mol. The van der Waals surface area contributed by atoms with Gasteiger partial charge in [0.05, 0.1) is 22.1 Å². The first kappa shape index (κ1) is 20.2. The lowest BCUT2D eigenvalue weighted by molar-refractivity contribution is -0.121. The highest BCUT2D eigenvalue weighted by Gasteiger charge is 2.20. The lowest BCUT2D eigenvalue weighted by Crippen LogP contribution is -2.27. The Kier molecular flexibility index (Phi) is 5.83. The highest BCUT2D eigenvalue weighted by molar-refractivity contribution is 7.18. The Morgan fingerprint density at radius 3 is 2.79 bits per heavy atom. The summed E-state index contributed by atoms with van der Waals surface area (Å²) in [7, 11) is 0. The van der Waals surface area contributed by atoms with Crippen molar-refractivity contribution in [3.63, 3.8) is 0 Å². The van der Waals surface area contributed by atoms with Crippen LogP contribution in [0.25, 0.3) is 10.2 Å². The summed E-state index contributed by atoms with van der Waals surface area (Å²) in [6.07, 6.45) is 5.03. The van der Waals surface area contributed by atoms with Crippen molar-refractivity contribution < 1.29 is 4.79 Å². The summed E-state index contributed by atoms with van der Waals surface area (Å²) in [5.41, 5.74) is 2.01. The van der Waals surface area contributed by atoms with Gasteiger partial charge in [-0.2, -0.15) is 0 Å². The molecule has 0 bridgehead atoms. The number of aryl methyl sites for hydroxylation is 3. The molecule has 1 aliphatic rings. The molecule has 154 valence electrons. The molecule has 0 saturated carbocycles. The van der Waals surface area contributed by atoms with Gasteiger partial charge in [-0.15, -0.1) is 22.7 Å². The Morgan fingerprint density at radius 2 is 2.03 bits per heavy atom. The number of carbonyl (C=O) groups excluding carboxylic acids is 1. The molecule has 3 aromatic rings. The molecule has 0 spiro atoms. The Balaban J connectivity index is 1.41. The van der Waals surface area contributed by atoms with Gasteiger partial charge >= 0.3 is 0 Å². The number of nitrogens with one attached hydrogen (secondary N) is 2. The van der Waals surface area contributed by atoms with E-state index in [1.807, 2.05) is 12.3 Å². The lowest BCUT2D eigenvalue weighted by atomic mass is 9.97. The first-order chi connectivity index (χ1) is 13.9. The van der Waals surface area contributed by atoms with Crippen LogP contribution in [0, 0.1) is 0 Å². The number of thiophene rings is 1. The van der Waals surface area contributed by atoms with Crippen molar-refractivity contribution in [2.75, 3.05) is 0 Å². The average Bonchev–Trinajstić information content (AvgIpc) is 3.31. The summed E-state index contributed by atoms with van der Waals surface area (Å²) in [4.78, 5) is 39.3. The number of aromatic amines is 1. The number of aromatic nitrogens is 3. The number of carbonyl (C=O) groups is 1. The summed E-state index contributed by atoms with van der Waals surface area (Å²) in [5.74, 6) is 0.904. The molecule has 1 amide bonds. The third-order valence-electron chi connectivity index (χ3n) is 5.32. The van der Waals surface area contributed by atoms with Gasteiger partial charge in [0, 0.05) is 29.0 Å². The standard InChI is InChI=1S/C21H26N4O2S2/c1-11(2)20-23-14(10-28-20)12(3)22-17(26)9-8-16-24-19(27)18-13-6-4-5-7-15(13)29-21(18)25-16/h10-12H,4-9H2,1-3H3,(H,22,26)(H,24,25,27). The Labute approximate surface area is 177 Å².